The van der Waals surface area contributed by atoms with Gasteiger partial charge in [0.1, 0.15) is 11.7 Å². The van der Waals surface area contributed by atoms with E-state index >= 15 is 0 Å². The van der Waals surface area contributed by atoms with Gasteiger partial charge in [-0.2, -0.15) is 0 Å². The smallest absolute Gasteiger partial charge is 0.320 e. The molecule has 0 radical (unpaired) electrons. The maximum atomic E-state index is 11.8. The Labute approximate surface area is 114 Å². The second kappa shape index (κ2) is 6.07. The number of benzene rings is 1. The molecule has 2 rings (SSSR count). The maximum Gasteiger partial charge on any atom is 0.320 e. The third kappa shape index (κ3) is 3.27. The Bertz CT molecular complexity index is 644. The van der Waals surface area contributed by atoms with Crippen molar-refractivity contribution >= 4 is 22.9 Å². The Morgan fingerprint density at radius 3 is 2.70 bits per heavy atom. The van der Waals surface area contributed by atoms with Gasteiger partial charge >= 0.3 is 5.97 Å². The van der Waals surface area contributed by atoms with Crippen LogP contribution in [-0.2, 0) is 4.79 Å². The molecule has 7 nitrogen and oxygen atoms in total. The van der Waals surface area contributed by atoms with E-state index in [0.717, 1.165) is 0 Å². The first-order valence-electron chi connectivity index (χ1n) is 6.06. The fourth-order valence-corrected chi connectivity index (χ4v) is 1.62. The molecule has 1 amide bonds. The average Bonchev–Trinajstić information content (AvgIpc) is 2.46. The Morgan fingerprint density at radius 2 is 2.00 bits per heavy atom. The van der Waals surface area contributed by atoms with Crippen LogP contribution >= 0.6 is 0 Å². The molecule has 0 saturated heterocycles. The number of nitrogens with two attached hydrogens (primary N) is 1. The standard InChI is InChI=1S/C13H14N4O3/c14-8(13(19)20)5-6-15-12(18)11-7-16-9-3-1-2-4-10(9)17-11/h1-4,7-8H,5-6,14H2,(H,15,18)(H,19,20)/t8-/m0/s1. The van der Waals surface area contributed by atoms with Crippen molar-refractivity contribution in [1.29, 1.82) is 0 Å². The van der Waals surface area contributed by atoms with Crippen LogP contribution in [0.3, 0.4) is 0 Å². The highest BCUT2D eigenvalue weighted by Gasteiger charge is 2.13. The molecule has 2 aromatic rings. The molecule has 0 spiro atoms. The van der Waals surface area contributed by atoms with Crippen LogP contribution in [0, 0.1) is 0 Å². The zero-order chi connectivity index (χ0) is 14.5. The number of carbonyl (C=O) groups is 2. The van der Waals surface area contributed by atoms with Crippen molar-refractivity contribution in [2.75, 3.05) is 6.54 Å². The van der Waals surface area contributed by atoms with Gasteiger partial charge in [-0.3, -0.25) is 14.6 Å². The average molecular weight is 274 g/mol. The number of fused-ring (bicyclic) bond motifs is 1. The summed E-state index contributed by atoms with van der Waals surface area (Å²) in [6, 6.07) is 6.22. The predicted molar refractivity (Wildman–Crippen MR) is 72.1 cm³/mol. The van der Waals surface area contributed by atoms with E-state index in [4.69, 9.17) is 10.8 Å². The molecule has 0 unspecified atom stereocenters. The molecule has 7 heteroatoms. The van der Waals surface area contributed by atoms with E-state index in [-0.39, 0.29) is 18.7 Å². The van der Waals surface area contributed by atoms with Gasteiger partial charge in [-0.05, 0) is 18.6 Å². The second-order valence-electron chi connectivity index (χ2n) is 4.23. The molecule has 20 heavy (non-hydrogen) atoms. The van der Waals surface area contributed by atoms with E-state index in [9.17, 15) is 9.59 Å². The number of hydrogen-bond donors (Lipinski definition) is 3. The van der Waals surface area contributed by atoms with Crippen LogP contribution in [0.1, 0.15) is 16.9 Å². The lowest BCUT2D eigenvalue weighted by Crippen LogP contribution is -2.35. The van der Waals surface area contributed by atoms with E-state index in [1.54, 1.807) is 12.1 Å². The monoisotopic (exact) mass is 274 g/mol. The number of amides is 1. The number of aromatic nitrogens is 2. The van der Waals surface area contributed by atoms with Crippen LogP contribution in [-0.4, -0.2) is 39.5 Å². The molecule has 0 fully saturated rings. The zero-order valence-corrected chi connectivity index (χ0v) is 10.6. The molecule has 0 bridgehead atoms. The van der Waals surface area contributed by atoms with Crippen molar-refractivity contribution in [2.24, 2.45) is 5.73 Å². The molecule has 4 N–H and O–H groups in total. The number of rotatable bonds is 5. The Kier molecular flexibility index (Phi) is 4.21. The predicted octanol–water partition coefficient (Wildman–Crippen LogP) is 0.162. The van der Waals surface area contributed by atoms with Crippen molar-refractivity contribution in [3.05, 3.63) is 36.2 Å². The summed E-state index contributed by atoms with van der Waals surface area (Å²) in [6.45, 7) is 0.167. The van der Waals surface area contributed by atoms with E-state index < -0.39 is 17.9 Å². The van der Waals surface area contributed by atoms with Crippen molar-refractivity contribution in [3.8, 4) is 0 Å². The minimum Gasteiger partial charge on any atom is -0.480 e. The Morgan fingerprint density at radius 1 is 1.30 bits per heavy atom. The van der Waals surface area contributed by atoms with E-state index in [0.29, 0.717) is 11.0 Å². The minimum atomic E-state index is -1.09. The van der Waals surface area contributed by atoms with Gasteiger partial charge in [-0.15, -0.1) is 0 Å². The lowest BCUT2D eigenvalue weighted by Gasteiger charge is -2.07. The lowest BCUT2D eigenvalue weighted by molar-refractivity contribution is -0.138. The Hall–Kier alpha value is -2.54. The van der Waals surface area contributed by atoms with Gasteiger partial charge in [0.05, 0.1) is 17.2 Å². The fourth-order valence-electron chi connectivity index (χ4n) is 1.62. The highest BCUT2D eigenvalue weighted by molar-refractivity contribution is 5.93. The van der Waals surface area contributed by atoms with Crippen LogP contribution in [0.2, 0.25) is 0 Å². The largest absolute Gasteiger partial charge is 0.480 e. The quantitative estimate of drug-likeness (QED) is 0.714. The number of nitrogens with zero attached hydrogens (tertiary/aromatic N) is 2. The summed E-state index contributed by atoms with van der Waals surface area (Å²) in [5.41, 5.74) is 6.86. The van der Waals surface area contributed by atoms with Gasteiger partial charge in [0.2, 0.25) is 0 Å². The van der Waals surface area contributed by atoms with Gasteiger partial charge < -0.3 is 16.2 Å². The highest BCUT2D eigenvalue weighted by atomic mass is 16.4. The lowest BCUT2D eigenvalue weighted by atomic mass is 10.2. The molecule has 1 heterocycles. The van der Waals surface area contributed by atoms with E-state index in [1.807, 2.05) is 12.1 Å². The first-order chi connectivity index (χ1) is 9.58. The van der Waals surface area contributed by atoms with Crippen molar-refractivity contribution in [2.45, 2.75) is 12.5 Å². The summed E-state index contributed by atoms with van der Waals surface area (Å²) in [6.07, 6.45) is 1.54. The van der Waals surface area contributed by atoms with Crippen LogP contribution in [0.15, 0.2) is 30.5 Å². The highest BCUT2D eigenvalue weighted by Crippen LogP contribution is 2.08. The molecular weight excluding hydrogens is 260 g/mol. The van der Waals surface area contributed by atoms with Gasteiger partial charge in [0, 0.05) is 6.54 Å². The number of carboxylic acid groups (broad SMARTS) is 1. The van der Waals surface area contributed by atoms with Crippen LogP contribution in [0.25, 0.3) is 11.0 Å². The third-order valence-electron chi connectivity index (χ3n) is 2.74. The molecule has 0 aliphatic rings. The molecule has 0 aliphatic carbocycles. The van der Waals surface area contributed by atoms with Crippen molar-refractivity contribution < 1.29 is 14.7 Å². The summed E-state index contributed by atoms with van der Waals surface area (Å²) in [5, 5.41) is 11.2. The Balaban J connectivity index is 1.99. The zero-order valence-electron chi connectivity index (χ0n) is 10.6. The van der Waals surface area contributed by atoms with Gasteiger partial charge in [0.25, 0.3) is 5.91 Å². The third-order valence-corrected chi connectivity index (χ3v) is 2.74. The number of nitrogens with one attached hydrogen (secondary N) is 1. The molecule has 1 aromatic heterocycles. The number of carbonyl (C=O) groups excluding carboxylic acids is 1. The normalized spacial score (nSPS) is 12.1. The number of carboxylic acids is 1. The second-order valence-corrected chi connectivity index (χ2v) is 4.23. The molecule has 104 valence electrons. The fraction of sp³-hybridized carbons (Fsp3) is 0.231. The van der Waals surface area contributed by atoms with Crippen LogP contribution < -0.4 is 11.1 Å². The van der Waals surface area contributed by atoms with E-state index in [2.05, 4.69) is 15.3 Å². The van der Waals surface area contributed by atoms with E-state index in [1.165, 1.54) is 6.20 Å². The van der Waals surface area contributed by atoms with Crippen molar-refractivity contribution in [3.63, 3.8) is 0 Å². The van der Waals surface area contributed by atoms with Crippen LogP contribution in [0.5, 0.6) is 0 Å². The summed E-state index contributed by atoms with van der Waals surface area (Å²) < 4.78 is 0. The molecule has 0 aliphatic heterocycles. The summed E-state index contributed by atoms with van der Waals surface area (Å²) in [7, 11) is 0. The van der Waals surface area contributed by atoms with Crippen LogP contribution in [0.4, 0.5) is 0 Å². The number of para-hydroxylation sites is 2. The molecule has 0 saturated carbocycles. The number of hydrogen-bond acceptors (Lipinski definition) is 5. The van der Waals surface area contributed by atoms with Gasteiger partial charge in [0.15, 0.2) is 0 Å². The minimum absolute atomic E-state index is 0.155. The molecule has 1 atom stereocenters. The van der Waals surface area contributed by atoms with Gasteiger partial charge in [-0.25, -0.2) is 4.98 Å². The maximum absolute atomic E-state index is 11.8. The summed E-state index contributed by atoms with van der Waals surface area (Å²) >= 11 is 0. The topological polar surface area (TPSA) is 118 Å². The number of aliphatic carboxylic acids is 1. The summed E-state index contributed by atoms with van der Waals surface area (Å²) in [5.74, 6) is -1.49. The molecule has 1 aromatic carbocycles. The molecular formula is C13H14N4O3. The summed E-state index contributed by atoms with van der Waals surface area (Å²) in [4.78, 5) is 30.7. The van der Waals surface area contributed by atoms with Crippen molar-refractivity contribution in [1.82, 2.24) is 15.3 Å². The first-order valence-corrected chi connectivity index (χ1v) is 6.06. The first kappa shape index (κ1) is 13.9. The van der Waals surface area contributed by atoms with Gasteiger partial charge in [-0.1, -0.05) is 12.1 Å². The SMILES string of the molecule is N[C@@H](CCNC(=O)c1cnc2ccccc2n1)C(=O)O.